The number of likely N-dealkylation sites (tertiary alicyclic amines) is 1. The van der Waals surface area contributed by atoms with Crippen LogP contribution in [0, 0.1) is 0 Å². The first-order valence-corrected chi connectivity index (χ1v) is 9.49. The largest absolute Gasteiger partial charge is 0.479 e. The summed E-state index contributed by atoms with van der Waals surface area (Å²) in [5, 5.41) is 6.88. The molecule has 9 heteroatoms. The summed E-state index contributed by atoms with van der Waals surface area (Å²) in [6.07, 6.45) is 3.26. The van der Waals surface area contributed by atoms with Gasteiger partial charge >= 0.3 is 0 Å². The highest BCUT2D eigenvalue weighted by Gasteiger charge is 2.31. The molecule has 0 aliphatic carbocycles. The number of carbonyl (C=O) groups is 1. The predicted molar refractivity (Wildman–Crippen MR) is 100 cm³/mol. The first-order chi connectivity index (χ1) is 13.6. The first-order valence-electron chi connectivity index (χ1n) is 9.49. The van der Waals surface area contributed by atoms with Crippen LogP contribution in [0.5, 0.6) is 5.88 Å². The van der Waals surface area contributed by atoms with Crippen molar-refractivity contribution in [3.8, 4) is 5.88 Å². The van der Waals surface area contributed by atoms with Crippen molar-refractivity contribution in [1.82, 2.24) is 24.7 Å². The number of ether oxygens (including phenoxy) is 1. The number of nitrogens with one attached hydrogen (secondary N) is 1. The zero-order chi connectivity index (χ0) is 19.7. The van der Waals surface area contributed by atoms with Gasteiger partial charge in [0.2, 0.25) is 5.91 Å². The molecule has 0 spiro atoms. The maximum Gasteiger partial charge on any atom is 0.272 e. The van der Waals surface area contributed by atoms with Gasteiger partial charge < -0.3 is 14.2 Å². The van der Waals surface area contributed by atoms with E-state index in [0.717, 1.165) is 24.2 Å². The van der Waals surface area contributed by atoms with E-state index in [1.165, 1.54) is 17.7 Å². The van der Waals surface area contributed by atoms with Crippen LogP contribution in [-0.2, 0) is 17.6 Å². The second kappa shape index (κ2) is 7.49. The lowest BCUT2D eigenvalue weighted by Crippen LogP contribution is -2.31. The third-order valence-corrected chi connectivity index (χ3v) is 5.15. The number of methoxy groups -OCH3 is 1. The van der Waals surface area contributed by atoms with Crippen molar-refractivity contribution < 1.29 is 14.1 Å². The molecule has 148 valence electrons. The molecule has 0 saturated carbocycles. The van der Waals surface area contributed by atoms with E-state index in [0.29, 0.717) is 43.1 Å². The maximum absolute atomic E-state index is 12.8. The van der Waals surface area contributed by atoms with Gasteiger partial charge in [0.05, 0.1) is 18.8 Å². The topological polar surface area (TPSA) is 106 Å². The Kier molecular flexibility index (Phi) is 4.89. The maximum atomic E-state index is 12.8. The quantitative estimate of drug-likeness (QED) is 0.694. The van der Waals surface area contributed by atoms with Gasteiger partial charge in [0, 0.05) is 43.3 Å². The van der Waals surface area contributed by atoms with Crippen LogP contribution in [0.2, 0.25) is 0 Å². The minimum absolute atomic E-state index is 0.0473. The van der Waals surface area contributed by atoms with Crippen molar-refractivity contribution in [1.29, 1.82) is 0 Å². The molecular weight excluding hydrogens is 362 g/mol. The molecular formula is C19H23N5O4. The van der Waals surface area contributed by atoms with E-state index in [1.54, 1.807) is 6.07 Å². The SMILES string of the molecule is CCc1cc(=O)n2[nH]c(C3CCCN3C(=O)CCc3cc(OC)no3)cc2n1. The van der Waals surface area contributed by atoms with Crippen LogP contribution in [0.25, 0.3) is 5.65 Å². The molecule has 3 aromatic rings. The number of H-pyrrole nitrogens is 1. The normalized spacial score (nSPS) is 16.8. The van der Waals surface area contributed by atoms with Crippen molar-refractivity contribution >= 4 is 11.6 Å². The van der Waals surface area contributed by atoms with Gasteiger partial charge in [0.25, 0.3) is 11.4 Å². The van der Waals surface area contributed by atoms with E-state index < -0.39 is 0 Å². The van der Waals surface area contributed by atoms with Crippen molar-refractivity contribution in [2.24, 2.45) is 0 Å². The smallest absolute Gasteiger partial charge is 0.272 e. The lowest BCUT2D eigenvalue weighted by atomic mass is 10.1. The molecule has 1 amide bonds. The Bertz CT molecular complexity index is 1050. The highest BCUT2D eigenvalue weighted by Crippen LogP contribution is 2.32. The summed E-state index contributed by atoms with van der Waals surface area (Å²) < 4.78 is 11.6. The number of fused-ring (bicyclic) bond motifs is 1. The number of nitrogens with zero attached hydrogens (tertiary/aromatic N) is 4. The molecule has 1 atom stereocenters. The Morgan fingerprint density at radius 3 is 3.00 bits per heavy atom. The number of hydrogen-bond acceptors (Lipinski definition) is 6. The lowest BCUT2D eigenvalue weighted by Gasteiger charge is -2.23. The van der Waals surface area contributed by atoms with Crippen molar-refractivity contribution in [2.75, 3.05) is 13.7 Å². The molecule has 3 aromatic heterocycles. The molecule has 4 heterocycles. The van der Waals surface area contributed by atoms with Gasteiger partial charge in [-0.05, 0) is 24.4 Å². The molecule has 1 aliphatic heterocycles. The monoisotopic (exact) mass is 385 g/mol. The Balaban J connectivity index is 1.51. The molecule has 28 heavy (non-hydrogen) atoms. The minimum Gasteiger partial charge on any atom is -0.479 e. The Morgan fingerprint density at radius 1 is 1.39 bits per heavy atom. The fourth-order valence-corrected chi connectivity index (χ4v) is 3.68. The van der Waals surface area contributed by atoms with Gasteiger partial charge in [0.15, 0.2) is 5.65 Å². The average molecular weight is 385 g/mol. The van der Waals surface area contributed by atoms with Gasteiger partial charge in [-0.25, -0.2) is 9.50 Å². The van der Waals surface area contributed by atoms with Gasteiger partial charge in [-0.2, -0.15) is 0 Å². The van der Waals surface area contributed by atoms with Crippen LogP contribution >= 0.6 is 0 Å². The Hall–Kier alpha value is -3.10. The first kappa shape index (κ1) is 18.3. The molecule has 1 fully saturated rings. The fraction of sp³-hybridized carbons (Fsp3) is 0.474. The van der Waals surface area contributed by atoms with Crippen LogP contribution in [0.4, 0.5) is 0 Å². The second-order valence-electron chi connectivity index (χ2n) is 6.93. The molecule has 0 radical (unpaired) electrons. The molecule has 1 unspecified atom stereocenters. The second-order valence-corrected chi connectivity index (χ2v) is 6.93. The predicted octanol–water partition coefficient (Wildman–Crippen LogP) is 1.88. The van der Waals surface area contributed by atoms with E-state index >= 15 is 0 Å². The summed E-state index contributed by atoms with van der Waals surface area (Å²) in [4.78, 5) is 31.4. The molecule has 4 rings (SSSR count). The van der Waals surface area contributed by atoms with Crippen molar-refractivity contribution in [2.45, 2.75) is 45.1 Å². The summed E-state index contributed by atoms with van der Waals surface area (Å²) in [7, 11) is 1.52. The van der Waals surface area contributed by atoms with Gasteiger partial charge in [-0.3, -0.25) is 14.7 Å². The van der Waals surface area contributed by atoms with E-state index in [2.05, 4.69) is 15.2 Å². The van der Waals surface area contributed by atoms with Crippen LogP contribution in [0.15, 0.2) is 27.5 Å². The number of amides is 1. The van der Waals surface area contributed by atoms with Crippen LogP contribution in [-0.4, -0.2) is 44.2 Å². The van der Waals surface area contributed by atoms with Crippen molar-refractivity contribution in [3.05, 3.63) is 45.7 Å². The molecule has 1 saturated heterocycles. The van der Waals surface area contributed by atoms with E-state index in [-0.39, 0.29) is 17.5 Å². The highest BCUT2D eigenvalue weighted by atomic mass is 16.5. The minimum atomic E-state index is -0.136. The van der Waals surface area contributed by atoms with Crippen molar-refractivity contribution in [3.63, 3.8) is 0 Å². The van der Waals surface area contributed by atoms with Gasteiger partial charge in [-0.15, -0.1) is 0 Å². The van der Waals surface area contributed by atoms with E-state index in [4.69, 9.17) is 9.26 Å². The number of aromatic nitrogens is 4. The summed E-state index contributed by atoms with van der Waals surface area (Å²) in [5.74, 6) is 1.07. The number of aryl methyl sites for hydroxylation is 2. The number of aromatic amines is 1. The summed E-state index contributed by atoms with van der Waals surface area (Å²) in [6, 6.07) is 5.02. The van der Waals surface area contributed by atoms with Crippen LogP contribution in [0.3, 0.4) is 0 Å². The number of hydrogen-bond donors (Lipinski definition) is 1. The zero-order valence-electron chi connectivity index (χ0n) is 16.0. The van der Waals surface area contributed by atoms with E-state index in [1.807, 2.05) is 17.9 Å². The lowest BCUT2D eigenvalue weighted by molar-refractivity contribution is -0.132. The molecule has 9 nitrogen and oxygen atoms in total. The van der Waals surface area contributed by atoms with E-state index in [9.17, 15) is 9.59 Å². The molecule has 0 aromatic carbocycles. The van der Waals surface area contributed by atoms with Crippen LogP contribution in [0.1, 0.15) is 49.4 Å². The summed E-state index contributed by atoms with van der Waals surface area (Å²) in [5.41, 5.74) is 2.05. The van der Waals surface area contributed by atoms with Gasteiger partial charge in [-0.1, -0.05) is 6.92 Å². The standard InChI is InChI=1S/C19H23N5O4/c1-3-12-9-19(26)24-16(20-12)11-14(21-24)15-5-4-8-23(15)18(25)7-6-13-10-17(27-2)22-28-13/h9-11,15,21H,3-8H2,1-2H3. The fourth-order valence-electron chi connectivity index (χ4n) is 3.68. The number of carbonyl (C=O) groups excluding carboxylic acids is 1. The molecule has 1 N–H and O–H groups in total. The third kappa shape index (κ3) is 3.39. The number of rotatable bonds is 6. The Morgan fingerprint density at radius 2 is 2.25 bits per heavy atom. The summed E-state index contributed by atoms with van der Waals surface area (Å²) >= 11 is 0. The van der Waals surface area contributed by atoms with Gasteiger partial charge in [0.1, 0.15) is 5.76 Å². The van der Waals surface area contributed by atoms with Crippen LogP contribution < -0.4 is 10.3 Å². The molecule has 0 bridgehead atoms. The third-order valence-electron chi connectivity index (χ3n) is 5.15. The summed E-state index contributed by atoms with van der Waals surface area (Å²) in [6.45, 7) is 2.66. The highest BCUT2D eigenvalue weighted by molar-refractivity contribution is 5.77. The molecule has 1 aliphatic rings. The zero-order valence-corrected chi connectivity index (χ0v) is 16.0. The average Bonchev–Trinajstić information content (AvgIpc) is 3.44. The Labute approximate surface area is 161 Å².